The second-order valence-corrected chi connectivity index (χ2v) is 5.53. The van der Waals surface area contributed by atoms with Crippen LogP contribution in [-0.4, -0.2) is 10.9 Å². The van der Waals surface area contributed by atoms with E-state index in [9.17, 15) is 9.65 Å². The summed E-state index contributed by atoms with van der Waals surface area (Å²) in [6.07, 6.45) is 2.41. The van der Waals surface area contributed by atoms with Gasteiger partial charge in [-0.25, -0.2) is 4.39 Å². The first-order valence-corrected chi connectivity index (χ1v) is 7.23. The summed E-state index contributed by atoms with van der Waals surface area (Å²) in [5.41, 5.74) is 2.91. The molecule has 1 fully saturated rings. The molecule has 2 aromatic carbocycles. The first kappa shape index (κ1) is 13.8. The van der Waals surface area contributed by atoms with E-state index in [4.69, 9.17) is 0 Å². The van der Waals surface area contributed by atoms with Gasteiger partial charge in [0.05, 0.1) is 11.6 Å². The number of hydrogen-bond donors (Lipinski definition) is 0. The predicted octanol–water partition coefficient (Wildman–Crippen LogP) is 3.86. The smallest absolute Gasteiger partial charge is 0.123 e. The Morgan fingerprint density at radius 3 is 2.43 bits per heavy atom. The van der Waals surface area contributed by atoms with Crippen molar-refractivity contribution >= 4 is 0 Å². The Balaban J connectivity index is 1.76. The lowest BCUT2D eigenvalue weighted by molar-refractivity contribution is 0.245. The molecule has 0 spiro atoms. The monoisotopic (exact) mass is 280 g/mol. The van der Waals surface area contributed by atoms with Gasteiger partial charge >= 0.3 is 0 Å². The zero-order valence-electron chi connectivity index (χ0n) is 11.8. The number of nitriles is 1. The van der Waals surface area contributed by atoms with Crippen molar-refractivity contribution in [2.45, 2.75) is 32.0 Å². The van der Waals surface area contributed by atoms with E-state index in [2.05, 4.69) is 11.0 Å². The number of benzene rings is 2. The van der Waals surface area contributed by atoms with Gasteiger partial charge in [0.2, 0.25) is 0 Å². The normalized spacial score (nSPS) is 14.1. The highest BCUT2D eigenvalue weighted by Gasteiger charge is 2.29. The molecule has 0 aromatic heterocycles. The van der Waals surface area contributed by atoms with E-state index in [1.54, 1.807) is 0 Å². The fourth-order valence-corrected chi connectivity index (χ4v) is 2.56. The van der Waals surface area contributed by atoms with Crippen LogP contribution in [0.2, 0.25) is 0 Å². The van der Waals surface area contributed by atoms with Gasteiger partial charge in [-0.05, 0) is 42.2 Å². The van der Waals surface area contributed by atoms with Crippen molar-refractivity contribution in [2.24, 2.45) is 0 Å². The van der Waals surface area contributed by atoms with Crippen molar-refractivity contribution in [3.05, 3.63) is 71.0 Å². The van der Waals surface area contributed by atoms with Crippen molar-refractivity contribution in [3.8, 4) is 6.07 Å². The largest absolute Gasteiger partial charge is 0.292 e. The van der Waals surface area contributed by atoms with Crippen LogP contribution in [-0.2, 0) is 13.1 Å². The molecule has 106 valence electrons. The van der Waals surface area contributed by atoms with Gasteiger partial charge in [0, 0.05) is 19.1 Å². The fourth-order valence-electron chi connectivity index (χ4n) is 2.56. The van der Waals surface area contributed by atoms with Gasteiger partial charge in [-0.15, -0.1) is 0 Å². The van der Waals surface area contributed by atoms with E-state index >= 15 is 0 Å². The van der Waals surface area contributed by atoms with Crippen molar-refractivity contribution in [2.75, 3.05) is 0 Å². The first-order valence-electron chi connectivity index (χ1n) is 7.23. The van der Waals surface area contributed by atoms with Gasteiger partial charge in [-0.3, -0.25) is 4.90 Å². The molecule has 0 aliphatic heterocycles. The Bertz CT molecular complexity index is 654. The molecular formula is C18H17FN2. The molecule has 2 nitrogen and oxygen atoms in total. The van der Waals surface area contributed by atoms with Gasteiger partial charge in [-0.2, -0.15) is 5.26 Å². The zero-order chi connectivity index (χ0) is 14.7. The maximum Gasteiger partial charge on any atom is 0.123 e. The molecule has 0 bridgehead atoms. The molecule has 3 rings (SSSR count). The van der Waals surface area contributed by atoms with Crippen molar-refractivity contribution in [1.82, 2.24) is 4.90 Å². The Hall–Kier alpha value is -2.18. The first-order chi connectivity index (χ1) is 10.3. The minimum absolute atomic E-state index is 0.202. The average Bonchev–Trinajstić information content (AvgIpc) is 3.34. The standard InChI is InChI=1S/C18H17FN2/c19-17-7-5-14(6-8-17)12-21(18-9-10-18)13-16-4-2-1-3-15(16)11-20/h1-8,18H,9-10,12-13H2. The second kappa shape index (κ2) is 6.07. The van der Waals surface area contributed by atoms with Gasteiger partial charge < -0.3 is 0 Å². The molecule has 0 N–H and O–H groups in total. The Labute approximate surface area is 124 Å². The molecule has 0 heterocycles. The minimum atomic E-state index is -0.202. The third kappa shape index (κ3) is 3.48. The van der Waals surface area contributed by atoms with Gasteiger partial charge in [0.15, 0.2) is 0 Å². The molecule has 0 unspecified atom stereocenters. The molecule has 1 aliphatic carbocycles. The molecule has 21 heavy (non-hydrogen) atoms. The predicted molar refractivity (Wildman–Crippen MR) is 79.8 cm³/mol. The third-order valence-corrected chi connectivity index (χ3v) is 3.87. The molecular weight excluding hydrogens is 263 g/mol. The Kier molecular flexibility index (Phi) is 3.98. The Morgan fingerprint density at radius 1 is 1.05 bits per heavy atom. The molecule has 1 saturated carbocycles. The van der Waals surface area contributed by atoms with Gasteiger partial charge in [0.1, 0.15) is 5.82 Å². The van der Waals surface area contributed by atoms with Crippen molar-refractivity contribution in [3.63, 3.8) is 0 Å². The number of rotatable bonds is 5. The van der Waals surface area contributed by atoms with Crippen molar-refractivity contribution in [1.29, 1.82) is 5.26 Å². The lowest BCUT2D eigenvalue weighted by Crippen LogP contribution is -2.25. The van der Waals surface area contributed by atoms with E-state index in [-0.39, 0.29) is 5.82 Å². The second-order valence-electron chi connectivity index (χ2n) is 5.53. The Morgan fingerprint density at radius 2 is 1.76 bits per heavy atom. The molecule has 0 atom stereocenters. The lowest BCUT2D eigenvalue weighted by atomic mass is 10.1. The number of halogens is 1. The molecule has 0 amide bonds. The van der Waals surface area contributed by atoms with Crippen LogP contribution in [0.4, 0.5) is 4.39 Å². The lowest BCUT2D eigenvalue weighted by Gasteiger charge is -2.22. The SMILES string of the molecule is N#Cc1ccccc1CN(Cc1ccc(F)cc1)C1CC1. The minimum Gasteiger partial charge on any atom is -0.292 e. The van der Waals surface area contributed by atoms with Crippen LogP contribution in [0.3, 0.4) is 0 Å². The summed E-state index contributed by atoms with van der Waals surface area (Å²) in [5.74, 6) is -0.202. The summed E-state index contributed by atoms with van der Waals surface area (Å²) in [6, 6.07) is 17.3. The summed E-state index contributed by atoms with van der Waals surface area (Å²) in [6.45, 7) is 1.57. The average molecular weight is 280 g/mol. The molecule has 2 aromatic rings. The van der Waals surface area contributed by atoms with Crippen LogP contribution in [0.1, 0.15) is 29.5 Å². The highest BCUT2D eigenvalue weighted by molar-refractivity contribution is 5.37. The highest BCUT2D eigenvalue weighted by atomic mass is 19.1. The fraction of sp³-hybridized carbons (Fsp3) is 0.278. The zero-order valence-corrected chi connectivity index (χ0v) is 11.8. The van der Waals surface area contributed by atoms with Gasteiger partial charge in [0.25, 0.3) is 0 Å². The summed E-state index contributed by atoms with van der Waals surface area (Å²) in [5, 5.41) is 9.20. The van der Waals surface area contributed by atoms with Crippen LogP contribution in [0.15, 0.2) is 48.5 Å². The van der Waals surface area contributed by atoms with Crippen LogP contribution < -0.4 is 0 Å². The van der Waals surface area contributed by atoms with Crippen LogP contribution >= 0.6 is 0 Å². The van der Waals surface area contributed by atoms with E-state index in [0.29, 0.717) is 6.04 Å². The summed E-state index contributed by atoms with van der Waals surface area (Å²) in [7, 11) is 0. The molecule has 0 saturated heterocycles. The van der Waals surface area contributed by atoms with Crippen LogP contribution in [0.25, 0.3) is 0 Å². The third-order valence-electron chi connectivity index (χ3n) is 3.87. The quantitative estimate of drug-likeness (QED) is 0.831. The topological polar surface area (TPSA) is 27.0 Å². The maximum absolute atomic E-state index is 13.0. The van der Waals surface area contributed by atoms with E-state index in [1.807, 2.05) is 36.4 Å². The maximum atomic E-state index is 13.0. The van der Waals surface area contributed by atoms with E-state index in [1.165, 1.54) is 25.0 Å². The van der Waals surface area contributed by atoms with Crippen LogP contribution in [0.5, 0.6) is 0 Å². The van der Waals surface area contributed by atoms with E-state index < -0.39 is 0 Å². The number of hydrogen-bond acceptors (Lipinski definition) is 2. The molecule has 0 radical (unpaired) electrons. The van der Waals surface area contributed by atoms with Gasteiger partial charge in [-0.1, -0.05) is 30.3 Å². The van der Waals surface area contributed by atoms with Crippen molar-refractivity contribution < 1.29 is 4.39 Å². The van der Waals surface area contributed by atoms with Crippen LogP contribution in [0, 0.1) is 17.1 Å². The summed E-state index contributed by atoms with van der Waals surface area (Å²) < 4.78 is 13.0. The summed E-state index contributed by atoms with van der Waals surface area (Å²) >= 11 is 0. The summed E-state index contributed by atoms with van der Waals surface area (Å²) in [4.78, 5) is 2.38. The molecule has 1 aliphatic rings. The van der Waals surface area contributed by atoms with E-state index in [0.717, 1.165) is 29.8 Å². The highest BCUT2D eigenvalue weighted by Crippen LogP contribution is 2.30. The number of nitrogens with zero attached hydrogens (tertiary/aromatic N) is 2. The molecule has 3 heteroatoms.